The van der Waals surface area contributed by atoms with Crippen LogP contribution in [0, 0.1) is 16.7 Å². The lowest BCUT2D eigenvalue weighted by Crippen LogP contribution is -2.23. The van der Waals surface area contributed by atoms with Crippen molar-refractivity contribution >= 4 is 0 Å². The van der Waals surface area contributed by atoms with Gasteiger partial charge in [-0.05, 0) is 24.7 Å². The molecule has 0 amide bonds. The number of aryl methyl sites for hydroxylation is 1. The molecule has 1 heterocycles. The average Bonchev–Trinajstić information content (AvgIpc) is 2.41. The van der Waals surface area contributed by atoms with E-state index in [2.05, 4.69) is 25.0 Å². The van der Waals surface area contributed by atoms with Gasteiger partial charge in [0.2, 0.25) is 0 Å². The highest BCUT2D eigenvalue weighted by molar-refractivity contribution is 5.37. The van der Waals surface area contributed by atoms with Crippen molar-refractivity contribution in [3.05, 3.63) is 17.0 Å². The third kappa shape index (κ3) is 1.31. The van der Waals surface area contributed by atoms with Gasteiger partial charge in [0, 0.05) is 18.3 Å². The summed E-state index contributed by atoms with van der Waals surface area (Å²) in [6.07, 6.45) is 3.19. The Morgan fingerprint density at radius 2 is 2.21 bits per heavy atom. The smallest absolute Gasteiger partial charge is 0.165 e. The Bertz CT molecular complexity index is 407. The van der Waals surface area contributed by atoms with Gasteiger partial charge >= 0.3 is 0 Å². The Kier molecular flexibility index (Phi) is 1.88. The topological polar surface area (TPSA) is 41.6 Å². The Balaban J connectivity index is 2.49. The van der Waals surface area contributed by atoms with E-state index in [0.717, 1.165) is 19.3 Å². The number of nitrogens with zero attached hydrogens (tertiary/aromatic N) is 3. The molecule has 0 saturated heterocycles. The number of rotatable bonds is 0. The molecule has 0 radical (unpaired) electrons. The lowest BCUT2D eigenvalue weighted by Gasteiger charge is -2.29. The minimum Gasteiger partial charge on any atom is -0.271 e. The number of aromatic nitrogens is 2. The van der Waals surface area contributed by atoms with Gasteiger partial charge in [0.25, 0.3) is 0 Å². The van der Waals surface area contributed by atoms with Crippen molar-refractivity contribution in [3.63, 3.8) is 0 Å². The first-order valence-corrected chi connectivity index (χ1v) is 4.98. The molecule has 1 aliphatic rings. The van der Waals surface area contributed by atoms with Crippen molar-refractivity contribution in [2.45, 2.75) is 33.1 Å². The maximum absolute atomic E-state index is 8.91. The Labute approximate surface area is 84.3 Å². The molecule has 1 aromatic heterocycles. The quantitative estimate of drug-likeness (QED) is 0.624. The molecule has 14 heavy (non-hydrogen) atoms. The molecular weight excluding hydrogens is 174 g/mol. The second kappa shape index (κ2) is 2.84. The lowest BCUT2D eigenvalue weighted by molar-refractivity contribution is 0.306. The van der Waals surface area contributed by atoms with Crippen molar-refractivity contribution in [2.24, 2.45) is 12.5 Å². The van der Waals surface area contributed by atoms with E-state index in [1.54, 1.807) is 0 Å². The number of fused-ring (bicyclic) bond motifs is 1. The summed E-state index contributed by atoms with van der Waals surface area (Å²) in [6.45, 7) is 4.55. The van der Waals surface area contributed by atoms with E-state index in [9.17, 15) is 0 Å². The number of hydrogen-bond donors (Lipinski definition) is 0. The minimum absolute atomic E-state index is 0.355. The Morgan fingerprint density at radius 1 is 1.50 bits per heavy atom. The van der Waals surface area contributed by atoms with Crippen molar-refractivity contribution in [1.82, 2.24) is 9.78 Å². The third-order valence-electron chi connectivity index (χ3n) is 3.08. The summed E-state index contributed by atoms with van der Waals surface area (Å²) in [5.41, 5.74) is 3.40. The largest absolute Gasteiger partial charge is 0.271 e. The Hall–Kier alpha value is -1.30. The van der Waals surface area contributed by atoms with Gasteiger partial charge in [0.15, 0.2) is 5.69 Å². The summed E-state index contributed by atoms with van der Waals surface area (Å²) in [6, 6.07) is 2.17. The standard InChI is InChI=1S/C11H15N3/c1-11(2)5-4-8-9(7-12)13-14(3)10(8)6-11/h4-6H2,1-3H3. The molecule has 3 nitrogen and oxygen atoms in total. The van der Waals surface area contributed by atoms with E-state index in [0.29, 0.717) is 11.1 Å². The third-order valence-corrected chi connectivity index (χ3v) is 3.08. The van der Waals surface area contributed by atoms with E-state index in [1.165, 1.54) is 11.3 Å². The van der Waals surface area contributed by atoms with E-state index >= 15 is 0 Å². The Morgan fingerprint density at radius 3 is 2.86 bits per heavy atom. The molecule has 0 saturated carbocycles. The number of nitriles is 1. The van der Waals surface area contributed by atoms with Crippen LogP contribution in [0.4, 0.5) is 0 Å². The van der Waals surface area contributed by atoms with Crippen LogP contribution in [0.25, 0.3) is 0 Å². The zero-order valence-electron chi connectivity index (χ0n) is 8.96. The zero-order valence-corrected chi connectivity index (χ0v) is 8.96. The summed E-state index contributed by atoms with van der Waals surface area (Å²) in [4.78, 5) is 0. The second-order valence-corrected chi connectivity index (χ2v) is 4.85. The molecule has 74 valence electrons. The van der Waals surface area contributed by atoms with Gasteiger partial charge in [-0.3, -0.25) is 4.68 Å². The van der Waals surface area contributed by atoms with E-state index in [1.807, 2.05) is 11.7 Å². The van der Waals surface area contributed by atoms with Crippen LogP contribution in [0.3, 0.4) is 0 Å². The van der Waals surface area contributed by atoms with Crippen molar-refractivity contribution in [1.29, 1.82) is 5.26 Å². The first kappa shape index (κ1) is 9.26. The van der Waals surface area contributed by atoms with Gasteiger partial charge in [0.05, 0.1) is 0 Å². The molecule has 0 N–H and O–H groups in total. The lowest BCUT2D eigenvalue weighted by atomic mass is 9.76. The summed E-state index contributed by atoms with van der Waals surface area (Å²) in [5, 5.41) is 13.1. The first-order chi connectivity index (χ1) is 6.53. The molecule has 0 spiro atoms. The van der Waals surface area contributed by atoms with Gasteiger partial charge in [-0.1, -0.05) is 13.8 Å². The van der Waals surface area contributed by atoms with Crippen LogP contribution >= 0.6 is 0 Å². The summed E-state index contributed by atoms with van der Waals surface area (Å²) >= 11 is 0. The van der Waals surface area contributed by atoms with Crippen LogP contribution in [0.2, 0.25) is 0 Å². The molecule has 1 aliphatic carbocycles. The summed E-state index contributed by atoms with van der Waals surface area (Å²) in [7, 11) is 1.93. The molecular formula is C11H15N3. The molecule has 0 bridgehead atoms. The predicted molar refractivity (Wildman–Crippen MR) is 53.7 cm³/mol. The van der Waals surface area contributed by atoms with E-state index < -0.39 is 0 Å². The van der Waals surface area contributed by atoms with Gasteiger partial charge in [0.1, 0.15) is 6.07 Å². The average molecular weight is 189 g/mol. The van der Waals surface area contributed by atoms with Crippen molar-refractivity contribution in [3.8, 4) is 6.07 Å². The SMILES string of the molecule is Cn1nc(C#N)c2c1CC(C)(C)CC2. The van der Waals surface area contributed by atoms with Crippen LogP contribution in [0.1, 0.15) is 37.2 Å². The predicted octanol–water partition coefficient (Wildman–Crippen LogP) is 1.81. The zero-order chi connectivity index (χ0) is 10.3. The van der Waals surface area contributed by atoms with E-state index in [4.69, 9.17) is 5.26 Å². The molecule has 3 heteroatoms. The van der Waals surface area contributed by atoms with E-state index in [-0.39, 0.29) is 0 Å². The molecule has 2 rings (SSSR count). The fourth-order valence-electron chi connectivity index (χ4n) is 2.18. The van der Waals surface area contributed by atoms with Crippen molar-refractivity contribution in [2.75, 3.05) is 0 Å². The highest BCUT2D eigenvalue weighted by atomic mass is 15.3. The van der Waals surface area contributed by atoms with Gasteiger partial charge in [-0.15, -0.1) is 0 Å². The fourth-order valence-corrected chi connectivity index (χ4v) is 2.18. The molecule has 0 fully saturated rings. The van der Waals surface area contributed by atoms with Crippen LogP contribution in [-0.4, -0.2) is 9.78 Å². The first-order valence-electron chi connectivity index (χ1n) is 4.98. The van der Waals surface area contributed by atoms with Crippen LogP contribution in [0.5, 0.6) is 0 Å². The van der Waals surface area contributed by atoms with Crippen LogP contribution in [-0.2, 0) is 19.9 Å². The minimum atomic E-state index is 0.355. The van der Waals surface area contributed by atoms with Gasteiger partial charge in [-0.25, -0.2) is 0 Å². The van der Waals surface area contributed by atoms with Gasteiger partial charge in [-0.2, -0.15) is 10.4 Å². The normalized spacial score (nSPS) is 18.7. The maximum atomic E-state index is 8.91. The fraction of sp³-hybridized carbons (Fsp3) is 0.636. The maximum Gasteiger partial charge on any atom is 0.165 e. The van der Waals surface area contributed by atoms with Crippen LogP contribution < -0.4 is 0 Å². The molecule has 0 aliphatic heterocycles. The van der Waals surface area contributed by atoms with Crippen molar-refractivity contribution < 1.29 is 0 Å². The van der Waals surface area contributed by atoms with Gasteiger partial charge < -0.3 is 0 Å². The second-order valence-electron chi connectivity index (χ2n) is 4.85. The number of hydrogen-bond acceptors (Lipinski definition) is 2. The monoisotopic (exact) mass is 189 g/mol. The summed E-state index contributed by atoms with van der Waals surface area (Å²) in [5.74, 6) is 0. The molecule has 0 unspecified atom stereocenters. The van der Waals surface area contributed by atoms with Crippen LogP contribution in [0.15, 0.2) is 0 Å². The highest BCUT2D eigenvalue weighted by Gasteiger charge is 2.29. The summed E-state index contributed by atoms with van der Waals surface area (Å²) < 4.78 is 1.87. The molecule has 0 aromatic carbocycles. The molecule has 0 atom stereocenters. The molecule has 1 aromatic rings. The highest BCUT2D eigenvalue weighted by Crippen LogP contribution is 2.35.